The van der Waals surface area contributed by atoms with Gasteiger partial charge in [0, 0.05) is 12.5 Å². The third-order valence-corrected chi connectivity index (χ3v) is 2.90. The summed E-state index contributed by atoms with van der Waals surface area (Å²) in [6.45, 7) is 2.04. The molecule has 1 saturated carbocycles. The summed E-state index contributed by atoms with van der Waals surface area (Å²) in [5, 5.41) is 8.96. The number of hydrogen-bond donors (Lipinski definition) is 2. The second kappa shape index (κ2) is 2.50. The van der Waals surface area contributed by atoms with Crippen LogP contribution < -0.4 is 5.73 Å². The molecule has 1 heterocycles. The van der Waals surface area contributed by atoms with Crippen molar-refractivity contribution in [3.63, 3.8) is 0 Å². The highest BCUT2D eigenvalue weighted by Gasteiger charge is 2.45. The van der Waals surface area contributed by atoms with Gasteiger partial charge in [-0.25, -0.2) is 9.78 Å². The van der Waals surface area contributed by atoms with Crippen molar-refractivity contribution in [3.8, 4) is 0 Å². The van der Waals surface area contributed by atoms with Crippen LogP contribution in [0.25, 0.3) is 0 Å². The minimum atomic E-state index is -1.000. The zero-order chi connectivity index (χ0) is 10.5. The fraction of sp³-hybridized carbons (Fsp3) is 0.556. The van der Waals surface area contributed by atoms with E-state index in [0.29, 0.717) is 0 Å². The van der Waals surface area contributed by atoms with Crippen molar-refractivity contribution in [3.05, 3.63) is 11.4 Å². The number of aromatic nitrogens is 2. The molecule has 0 aliphatic heterocycles. The van der Waals surface area contributed by atoms with Gasteiger partial charge < -0.3 is 15.4 Å². The van der Waals surface area contributed by atoms with Crippen molar-refractivity contribution in [2.24, 2.45) is 7.05 Å². The molecule has 1 aromatic heterocycles. The topological polar surface area (TPSA) is 81.1 Å². The van der Waals surface area contributed by atoms with Gasteiger partial charge in [0.25, 0.3) is 0 Å². The van der Waals surface area contributed by atoms with Crippen LogP contribution in [-0.2, 0) is 12.5 Å². The minimum Gasteiger partial charge on any atom is -0.476 e. The van der Waals surface area contributed by atoms with Crippen LogP contribution in [0.5, 0.6) is 0 Å². The number of nitrogens with zero attached hydrogens (tertiary/aromatic N) is 2. The Morgan fingerprint density at radius 3 is 2.64 bits per heavy atom. The lowest BCUT2D eigenvalue weighted by molar-refractivity contribution is 0.0688. The van der Waals surface area contributed by atoms with Gasteiger partial charge in [-0.1, -0.05) is 6.92 Å². The van der Waals surface area contributed by atoms with Gasteiger partial charge in [-0.3, -0.25) is 0 Å². The van der Waals surface area contributed by atoms with E-state index in [-0.39, 0.29) is 17.1 Å². The quantitative estimate of drug-likeness (QED) is 0.729. The molecule has 1 aliphatic carbocycles. The number of rotatable bonds is 2. The summed E-state index contributed by atoms with van der Waals surface area (Å²) in [5.74, 6) is -0.731. The lowest BCUT2D eigenvalue weighted by Crippen LogP contribution is -2.13. The summed E-state index contributed by atoms with van der Waals surface area (Å²) in [7, 11) is 1.76. The Morgan fingerprint density at radius 1 is 1.64 bits per heavy atom. The molecular weight excluding hydrogens is 182 g/mol. The van der Waals surface area contributed by atoms with E-state index in [1.54, 1.807) is 11.6 Å². The van der Waals surface area contributed by atoms with Crippen LogP contribution in [0.15, 0.2) is 0 Å². The number of imidazole rings is 1. The molecule has 1 fully saturated rings. The molecule has 0 aromatic carbocycles. The summed E-state index contributed by atoms with van der Waals surface area (Å²) in [4.78, 5) is 14.8. The Kier molecular flexibility index (Phi) is 1.61. The van der Waals surface area contributed by atoms with Crippen LogP contribution in [0.2, 0.25) is 0 Å². The SMILES string of the molecule is Cn1c(N)nc(C(=O)O)c1C1(C)CC1. The van der Waals surface area contributed by atoms with E-state index in [2.05, 4.69) is 4.98 Å². The predicted molar refractivity (Wildman–Crippen MR) is 51.2 cm³/mol. The van der Waals surface area contributed by atoms with Gasteiger partial charge in [-0.15, -0.1) is 0 Å². The zero-order valence-electron chi connectivity index (χ0n) is 8.24. The normalized spacial score (nSPS) is 18.1. The van der Waals surface area contributed by atoms with Gasteiger partial charge in [0.2, 0.25) is 5.95 Å². The summed E-state index contributed by atoms with van der Waals surface area (Å²) in [6.07, 6.45) is 2.01. The van der Waals surface area contributed by atoms with Crippen LogP contribution in [0, 0.1) is 0 Å². The second-order valence-corrected chi connectivity index (χ2v) is 4.09. The number of anilines is 1. The first-order chi connectivity index (χ1) is 6.46. The molecule has 0 unspecified atom stereocenters. The standard InChI is InChI=1S/C9H13N3O2/c1-9(3-4-9)6-5(7(13)14)11-8(10)12(6)2/h3-4H2,1-2H3,(H2,10,11)(H,13,14). The third-order valence-electron chi connectivity index (χ3n) is 2.90. The average molecular weight is 195 g/mol. The first kappa shape index (κ1) is 9.05. The van der Waals surface area contributed by atoms with Gasteiger partial charge in [-0.05, 0) is 12.8 Å². The number of nitrogens with two attached hydrogens (primary N) is 1. The van der Waals surface area contributed by atoms with Crippen molar-refractivity contribution < 1.29 is 9.90 Å². The van der Waals surface area contributed by atoms with Crippen molar-refractivity contribution in [2.45, 2.75) is 25.2 Å². The van der Waals surface area contributed by atoms with E-state index >= 15 is 0 Å². The number of carboxylic acid groups (broad SMARTS) is 1. The van der Waals surface area contributed by atoms with Crippen LogP contribution in [0.4, 0.5) is 5.95 Å². The molecule has 2 rings (SSSR count). The van der Waals surface area contributed by atoms with Gasteiger partial charge in [-0.2, -0.15) is 0 Å². The lowest BCUT2D eigenvalue weighted by Gasteiger charge is -2.10. The number of hydrogen-bond acceptors (Lipinski definition) is 3. The van der Waals surface area contributed by atoms with Crippen LogP contribution in [-0.4, -0.2) is 20.6 Å². The van der Waals surface area contributed by atoms with E-state index in [1.807, 2.05) is 6.92 Å². The Hall–Kier alpha value is -1.52. The fourth-order valence-corrected chi connectivity index (χ4v) is 1.78. The number of nitrogen functional groups attached to an aromatic ring is 1. The van der Waals surface area contributed by atoms with Crippen molar-refractivity contribution in [2.75, 3.05) is 5.73 Å². The predicted octanol–water partition coefficient (Wildman–Crippen LogP) is 0.752. The molecule has 0 spiro atoms. The van der Waals surface area contributed by atoms with Gasteiger partial charge in [0.15, 0.2) is 5.69 Å². The molecule has 5 heteroatoms. The van der Waals surface area contributed by atoms with Crippen LogP contribution in [0.1, 0.15) is 35.9 Å². The van der Waals surface area contributed by atoms with E-state index < -0.39 is 5.97 Å². The van der Waals surface area contributed by atoms with E-state index in [1.165, 1.54) is 0 Å². The molecule has 1 aliphatic rings. The fourth-order valence-electron chi connectivity index (χ4n) is 1.78. The Labute approximate surface area is 81.5 Å². The maximum atomic E-state index is 10.9. The molecular formula is C9H13N3O2. The average Bonchev–Trinajstić information content (AvgIpc) is 2.74. The van der Waals surface area contributed by atoms with E-state index in [9.17, 15) is 4.79 Å². The highest BCUT2D eigenvalue weighted by atomic mass is 16.4. The zero-order valence-corrected chi connectivity index (χ0v) is 8.24. The number of aromatic carboxylic acids is 1. The van der Waals surface area contributed by atoms with Crippen LogP contribution >= 0.6 is 0 Å². The summed E-state index contributed by atoms with van der Waals surface area (Å²) in [5.41, 5.74) is 6.41. The highest BCUT2D eigenvalue weighted by Crippen LogP contribution is 2.48. The molecule has 0 bridgehead atoms. The van der Waals surface area contributed by atoms with E-state index in [4.69, 9.17) is 10.8 Å². The molecule has 5 nitrogen and oxygen atoms in total. The third kappa shape index (κ3) is 1.08. The highest BCUT2D eigenvalue weighted by molar-refractivity contribution is 5.88. The first-order valence-electron chi connectivity index (χ1n) is 4.52. The second-order valence-electron chi connectivity index (χ2n) is 4.09. The van der Waals surface area contributed by atoms with Crippen molar-refractivity contribution in [1.82, 2.24) is 9.55 Å². The molecule has 0 amide bonds. The summed E-state index contributed by atoms with van der Waals surface area (Å²) in [6, 6.07) is 0. The van der Waals surface area contributed by atoms with E-state index in [0.717, 1.165) is 18.5 Å². The number of carboxylic acids is 1. The molecule has 3 N–H and O–H groups in total. The van der Waals surface area contributed by atoms with Crippen molar-refractivity contribution in [1.29, 1.82) is 0 Å². The Morgan fingerprint density at radius 2 is 2.21 bits per heavy atom. The largest absolute Gasteiger partial charge is 0.476 e. The maximum absolute atomic E-state index is 10.9. The summed E-state index contributed by atoms with van der Waals surface area (Å²) >= 11 is 0. The smallest absolute Gasteiger partial charge is 0.356 e. The van der Waals surface area contributed by atoms with Crippen molar-refractivity contribution >= 4 is 11.9 Å². The Balaban J connectivity index is 2.61. The van der Waals surface area contributed by atoms with Gasteiger partial charge >= 0.3 is 5.97 Å². The molecule has 0 saturated heterocycles. The van der Waals surface area contributed by atoms with Gasteiger partial charge in [0.05, 0.1) is 5.69 Å². The molecule has 0 atom stereocenters. The molecule has 14 heavy (non-hydrogen) atoms. The Bertz CT molecular complexity index is 404. The maximum Gasteiger partial charge on any atom is 0.356 e. The molecule has 1 aromatic rings. The monoisotopic (exact) mass is 195 g/mol. The molecule has 0 radical (unpaired) electrons. The summed E-state index contributed by atoms with van der Waals surface area (Å²) < 4.78 is 1.68. The minimum absolute atomic E-state index is 0.0346. The lowest BCUT2D eigenvalue weighted by atomic mass is 10.0. The first-order valence-corrected chi connectivity index (χ1v) is 4.52. The van der Waals surface area contributed by atoms with Crippen LogP contribution in [0.3, 0.4) is 0 Å². The number of carbonyl (C=O) groups is 1. The molecule has 76 valence electrons. The van der Waals surface area contributed by atoms with Gasteiger partial charge in [0.1, 0.15) is 0 Å².